The normalized spacial score (nSPS) is 14.7. The summed E-state index contributed by atoms with van der Waals surface area (Å²) >= 11 is 1.25. The van der Waals surface area contributed by atoms with Crippen molar-refractivity contribution in [1.82, 2.24) is 19.4 Å². The van der Waals surface area contributed by atoms with Crippen molar-refractivity contribution in [2.45, 2.75) is 29.9 Å². The van der Waals surface area contributed by atoms with E-state index in [2.05, 4.69) is 10.3 Å². The van der Waals surface area contributed by atoms with Gasteiger partial charge in [-0.05, 0) is 23.3 Å². The molecule has 2 aromatic heterocycles. The van der Waals surface area contributed by atoms with Crippen LogP contribution in [-0.4, -0.2) is 25.3 Å². The smallest absolute Gasteiger partial charge is 0.332 e. The third kappa shape index (κ3) is 4.60. The van der Waals surface area contributed by atoms with Crippen molar-refractivity contribution < 1.29 is 4.79 Å². The van der Waals surface area contributed by atoms with E-state index in [4.69, 9.17) is 0 Å². The van der Waals surface area contributed by atoms with E-state index in [0.29, 0.717) is 11.6 Å². The summed E-state index contributed by atoms with van der Waals surface area (Å²) < 4.78 is 2.71. The molecule has 1 unspecified atom stereocenters. The van der Waals surface area contributed by atoms with Gasteiger partial charge in [0.25, 0.3) is 5.56 Å². The Balaban J connectivity index is 0.00000240. The Hall–Kier alpha value is -2.84. The number of rotatable bonds is 5. The van der Waals surface area contributed by atoms with Crippen LogP contribution in [0.1, 0.15) is 11.1 Å². The Morgan fingerprint density at radius 3 is 2.55 bits per heavy atom. The number of carbonyl (C=O) groups excluding carboxylic acids is 1. The Kier molecular flexibility index (Phi) is 6.56. The van der Waals surface area contributed by atoms with Gasteiger partial charge in [0.2, 0.25) is 5.91 Å². The molecule has 150 valence electrons. The number of aromatic nitrogens is 3. The van der Waals surface area contributed by atoms with Crippen molar-refractivity contribution in [3.05, 3.63) is 92.9 Å². The van der Waals surface area contributed by atoms with Crippen molar-refractivity contribution in [1.29, 1.82) is 0 Å². The molecule has 9 heteroatoms. The van der Waals surface area contributed by atoms with Crippen LogP contribution in [0.3, 0.4) is 0 Å². The fraction of sp³-hybridized carbons (Fsp3) is 0.200. The second-order valence-electron chi connectivity index (χ2n) is 6.47. The van der Waals surface area contributed by atoms with Gasteiger partial charge in [-0.3, -0.25) is 23.7 Å². The predicted molar refractivity (Wildman–Crippen MR) is 113 cm³/mol. The molecular formula is C20H19ClN4O3S. The summed E-state index contributed by atoms with van der Waals surface area (Å²) in [5.41, 5.74) is 1.08. The predicted octanol–water partition coefficient (Wildman–Crippen LogP) is 1.67. The highest BCUT2D eigenvalue weighted by Crippen LogP contribution is 2.29. The molecule has 1 atom stereocenters. The molecule has 3 heterocycles. The highest BCUT2D eigenvalue weighted by atomic mass is 35.5. The largest absolute Gasteiger partial charge is 0.351 e. The number of amides is 1. The van der Waals surface area contributed by atoms with E-state index in [1.165, 1.54) is 27.0 Å². The van der Waals surface area contributed by atoms with Gasteiger partial charge in [-0.25, -0.2) is 4.79 Å². The van der Waals surface area contributed by atoms with Crippen LogP contribution < -0.4 is 16.6 Å². The van der Waals surface area contributed by atoms with Crippen LogP contribution in [0, 0.1) is 0 Å². The second-order valence-corrected chi connectivity index (χ2v) is 7.69. The first-order chi connectivity index (χ1) is 13.6. The van der Waals surface area contributed by atoms with Crippen LogP contribution in [-0.2, 0) is 24.4 Å². The van der Waals surface area contributed by atoms with E-state index in [1.807, 2.05) is 42.5 Å². The monoisotopic (exact) mass is 430 g/mol. The summed E-state index contributed by atoms with van der Waals surface area (Å²) in [5.74, 6) is -0.160. The van der Waals surface area contributed by atoms with E-state index in [1.54, 1.807) is 12.4 Å². The van der Waals surface area contributed by atoms with Gasteiger partial charge in [-0.2, -0.15) is 0 Å². The number of thioether (sulfide) groups is 1. The number of halogens is 1. The van der Waals surface area contributed by atoms with Gasteiger partial charge in [0.15, 0.2) is 0 Å². The molecule has 29 heavy (non-hydrogen) atoms. The lowest BCUT2D eigenvalue weighted by atomic mass is 10.2. The first-order valence-electron chi connectivity index (χ1n) is 8.84. The number of nitrogens with zero attached hydrogens (tertiary/aromatic N) is 3. The van der Waals surface area contributed by atoms with Gasteiger partial charge in [0.1, 0.15) is 5.25 Å². The van der Waals surface area contributed by atoms with Gasteiger partial charge < -0.3 is 5.32 Å². The molecule has 4 rings (SSSR count). The molecule has 0 aliphatic carbocycles. The Labute approximate surface area is 177 Å². The summed E-state index contributed by atoms with van der Waals surface area (Å²) in [6.45, 7) is 0.850. The Bertz CT molecular complexity index is 1120. The number of pyridine rings is 1. The van der Waals surface area contributed by atoms with E-state index in [-0.39, 0.29) is 42.7 Å². The van der Waals surface area contributed by atoms with Crippen LogP contribution in [0.5, 0.6) is 0 Å². The van der Waals surface area contributed by atoms with Gasteiger partial charge in [-0.1, -0.05) is 42.1 Å². The maximum Gasteiger partial charge on any atom is 0.332 e. The third-order valence-electron chi connectivity index (χ3n) is 4.54. The Morgan fingerprint density at radius 1 is 1.10 bits per heavy atom. The fourth-order valence-corrected chi connectivity index (χ4v) is 4.22. The number of hydrogen-bond acceptors (Lipinski definition) is 5. The van der Waals surface area contributed by atoms with E-state index in [9.17, 15) is 14.4 Å². The van der Waals surface area contributed by atoms with Crippen LogP contribution >= 0.6 is 24.2 Å². The highest BCUT2D eigenvalue weighted by Gasteiger charge is 2.30. The summed E-state index contributed by atoms with van der Waals surface area (Å²) in [6.07, 6.45) is 3.34. The minimum absolute atomic E-state index is 0. The number of benzene rings is 1. The van der Waals surface area contributed by atoms with Crippen LogP contribution in [0.25, 0.3) is 0 Å². The summed E-state index contributed by atoms with van der Waals surface area (Å²) in [7, 11) is 0. The second kappa shape index (κ2) is 9.11. The van der Waals surface area contributed by atoms with E-state index < -0.39 is 5.25 Å². The van der Waals surface area contributed by atoms with Crippen LogP contribution in [0.4, 0.5) is 0 Å². The molecular weight excluding hydrogens is 412 g/mol. The minimum atomic E-state index is -0.443. The zero-order valence-corrected chi connectivity index (χ0v) is 17.0. The molecule has 0 saturated heterocycles. The van der Waals surface area contributed by atoms with Gasteiger partial charge in [0, 0.05) is 31.5 Å². The zero-order chi connectivity index (χ0) is 19.5. The first-order valence-corrected chi connectivity index (χ1v) is 9.71. The van der Waals surface area contributed by atoms with Crippen molar-refractivity contribution in [2.75, 3.05) is 0 Å². The van der Waals surface area contributed by atoms with Gasteiger partial charge >= 0.3 is 5.69 Å². The van der Waals surface area contributed by atoms with Crippen LogP contribution in [0.15, 0.2) is 75.5 Å². The maximum atomic E-state index is 12.8. The first kappa shape index (κ1) is 20.9. The lowest BCUT2D eigenvalue weighted by molar-refractivity contribution is -0.120. The molecule has 1 amide bonds. The average Bonchev–Trinajstić information content (AvgIpc) is 3.15. The lowest BCUT2D eigenvalue weighted by Gasteiger charge is -2.10. The molecule has 0 spiro atoms. The van der Waals surface area contributed by atoms with Crippen molar-refractivity contribution in [3.63, 3.8) is 0 Å². The molecule has 0 fully saturated rings. The average molecular weight is 431 g/mol. The minimum Gasteiger partial charge on any atom is -0.351 e. The summed E-state index contributed by atoms with van der Waals surface area (Å²) in [4.78, 5) is 41.7. The molecule has 0 radical (unpaired) electrons. The number of nitrogens with one attached hydrogen (secondary N) is 1. The maximum absolute atomic E-state index is 12.8. The SMILES string of the molecule is Cl.O=C(NCc1ccncc1)C1Cn2c(cc(=O)n(Cc3ccccc3)c2=O)S1. The van der Waals surface area contributed by atoms with Gasteiger partial charge in [-0.15, -0.1) is 12.4 Å². The molecule has 1 aromatic carbocycles. The van der Waals surface area contributed by atoms with Gasteiger partial charge in [0.05, 0.1) is 11.6 Å². The number of hydrogen-bond donors (Lipinski definition) is 1. The molecule has 0 bridgehead atoms. The standard InChI is InChI=1S/C20H18N4O3S.ClH/c25-17-10-18-24(20(27)23(17)12-15-4-2-1-3-5-15)13-16(28-18)19(26)22-11-14-6-8-21-9-7-14;/h1-10,16H,11-13H2,(H,22,26);1H. The molecule has 1 N–H and O–H groups in total. The third-order valence-corrected chi connectivity index (χ3v) is 5.77. The molecule has 0 saturated carbocycles. The topological polar surface area (TPSA) is 86.0 Å². The number of fused-ring (bicyclic) bond motifs is 1. The number of carbonyl (C=O) groups is 1. The molecule has 3 aromatic rings. The molecule has 1 aliphatic heterocycles. The van der Waals surface area contributed by atoms with Crippen molar-refractivity contribution >= 4 is 30.1 Å². The van der Waals surface area contributed by atoms with Crippen molar-refractivity contribution in [3.8, 4) is 0 Å². The molecule has 7 nitrogen and oxygen atoms in total. The summed E-state index contributed by atoms with van der Waals surface area (Å²) in [5, 5.41) is 2.96. The summed E-state index contributed by atoms with van der Waals surface area (Å²) in [6, 6.07) is 14.4. The van der Waals surface area contributed by atoms with E-state index >= 15 is 0 Å². The zero-order valence-electron chi connectivity index (χ0n) is 15.4. The van der Waals surface area contributed by atoms with Crippen LogP contribution in [0.2, 0.25) is 0 Å². The highest BCUT2D eigenvalue weighted by molar-refractivity contribution is 8.00. The quantitative estimate of drug-likeness (QED) is 0.622. The Morgan fingerprint density at radius 2 is 1.83 bits per heavy atom. The fourth-order valence-electron chi connectivity index (χ4n) is 3.06. The molecule has 1 aliphatic rings. The van der Waals surface area contributed by atoms with Crippen molar-refractivity contribution in [2.24, 2.45) is 0 Å². The van der Waals surface area contributed by atoms with E-state index in [0.717, 1.165) is 11.1 Å². The lowest BCUT2D eigenvalue weighted by Crippen LogP contribution is -2.40.